The van der Waals surface area contributed by atoms with E-state index in [1.807, 2.05) is 0 Å². The Bertz CT molecular complexity index is 1280. The van der Waals surface area contributed by atoms with Crippen LogP contribution in [-0.4, -0.2) is 40.1 Å². The molecule has 2 aliphatic rings. The van der Waals surface area contributed by atoms with Crippen molar-refractivity contribution in [2.75, 3.05) is 18.9 Å². The van der Waals surface area contributed by atoms with Crippen molar-refractivity contribution in [2.24, 2.45) is 5.92 Å². The Morgan fingerprint density at radius 1 is 1.24 bits per heavy atom. The van der Waals surface area contributed by atoms with Gasteiger partial charge >= 0.3 is 0 Å². The van der Waals surface area contributed by atoms with E-state index in [0.717, 1.165) is 0 Å². The molecule has 3 aromatic rings. The second-order valence-electron chi connectivity index (χ2n) is 8.33. The molecule has 2 aliphatic heterocycles. The predicted octanol–water partition coefficient (Wildman–Crippen LogP) is 3.50. The molecule has 0 aliphatic carbocycles. The predicted molar refractivity (Wildman–Crippen MR) is 117 cm³/mol. The van der Waals surface area contributed by atoms with Gasteiger partial charge in [-0.2, -0.15) is 0 Å². The fraction of sp³-hybridized carbons (Fsp3) is 0.208. The maximum absolute atomic E-state index is 14.3. The van der Waals surface area contributed by atoms with Crippen LogP contribution in [0.2, 0.25) is 0 Å². The van der Waals surface area contributed by atoms with E-state index < -0.39 is 34.0 Å². The average molecular weight is 446 g/mol. The monoisotopic (exact) mass is 446 g/mol. The number of likely N-dealkylation sites (N-methyl/N-ethyl adjacent to an activating group) is 1. The largest absolute Gasteiger partial charge is 0.324 e. The molecule has 1 amide bonds. The van der Waals surface area contributed by atoms with Crippen LogP contribution in [0.4, 0.5) is 15.8 Å². The summed E-state index contributed by atoms with van der Waals surface area (Å²) in [5, 5.41) is 13.9. The van der Waals surface area contributed by atoms with Gasteiger partial charge in [0.2, 0.25) is 5.91 Å². The molecular weight excluding hydrogens is 427 g/mol. The molecule has 3 atom stereocenters. The van der Waals surface area contributed by atoms with Crippen molar-refractivity contribution in [1.29, 1.82) is 0 Å². The van der Waals surface area contributed by atoms with E-state index in [1.165, 1.54) is 36.5 Å². The summed E-state index contributed by atoms with van der Waals surface area (Å²) in [7, 11) is 1.73. The number of nitro groups is 1. The number of nitro benzene ring substituents is 1. The number of hydrogen-bond donors (Lipinski definition) is 1. The molecule has 8 nitrogen and oxygen atoms in total. The molecule has 166 valence electrons. The van der Waals surface area contributed by atoms with E-state index in [4.69, 9.17) is 0 Å². The van der Waals surface area contributed by atoms with Gasteiger partial charge < -0.3 is 5.32 Å². The highest BCUT2D eigenvalue weighted by Crippen LogP contribution is 2.55. The zero-order valence-corrected chi connectivity index (χ0v) is 17.6. The second-order valence-corrected chi connectivity index (χ2v) is 8.33. The first-order valence-corrected chi connectivity index (χ1v) is 10.4. The molecule has 1 spiro atoms. The van der Waals surface area contributed by atoms with Gasteiger partial charge in [-0.25, -0.2) is 4.39 Å². The Hall–Kier alpha value is -3.98. The number of fused-ring (bicyclic) bond motifs is 2. The van der Waals surface area contributed by atoms with Crippen molar-refractivity contribution in [3.63, 3.8) is 0 Å². The third-order valence-corrected chi connectivity index (χ3v) is 6.67. The van der Waals surface area contributed by atoms with E-state index in [9.17, 15) is 24.1 Å². The molecule has 1 aromatic heterocycles. The van der Waals surface area contributed by atoms with Gasteiger partial charge in [-0.3, -0.25) is 29.6 Å². The molecular formula is C24H19FN4O4. The van der Waals surface area contributed by atoms with Gasteiger partial charge in [-0.05, 0) is 42.9 Å². The van der Waals surface area contributed by atoms with Gasteiger partial charge in [0.05, 0.1) is 10.8 Å². The number of hydrogen-bond acceptors (Lipinski definition) is 6. The lowest BCUT2D eigenvalue weighted by molar-refractivity contribution is -0.384. The summed E-state index contributed by atoms with van der Waals surface area (Å²) in [5.41, 5.74) is 0.381. The number of Topliss-reactive ketones (excluding diaryl/α,β-unsaturated/α-hetero) is 1. The molecule has 0 radical (unpaired) electrons. The minimum absolute atomic E-state index is 0.0685. The highest BCUT2D eigenvalue weighted by molar-refractivity contribution is 6.12. The van der Waals surface area contributed by atoms with Crippen LogP contribution in [0.25, 0.3) is 0 Å². The number of non-ortho nitro benzene ring substituents is 1. The van der Waals surface area contributed by atoms with Crippen molar-refractivity contribution in [3.05, 3.63) is 99.6 Å². The number of halogens is 1. The molecule has 3 unspecified atom stereocenters. The standard InChI is InChI=1S/C24H19FN4O4/c1-28-13-18(14-4-7-17(8-5-14)29(32)33)21(22(30)15-3-2-10-26-12-15)24(28)19-11-16(25)6-9-20(19)27-23(24)31/h2-12,18,21H,13H2,1H3,(H,27,31). The minimum atomic E-state index is -1.43. The average Bonchev–Trinajstić information content (AvgIpc) is 3.29. The first-order valence-electron chi connectivity index (χ1n) is 10.4. The number of rotatable bonds is 4. The van der Waals surface area contributed by atoms with Gasteiger partial charge in [-0.1, -0.05) is 12.1 Å². The van der Waals surface area contributed by atoms with Crippen LogP contribution < -0.4 is 5.32 Å². The van der Waals surface area contributed by atoms with Crippen LogP contribution in [0.3, 0.4) is 0 Å². The Labute approximate surface area is 188 Å². The Morgan fingerprint density at radius 2 is 2.00 bits per heavy atom. The first kappa shape index (κ1) is 20.9. The minimum Gasteiger partial charge on any atom is -0.324 e. The summed E-state index contributed by atoms with van der Waals surface area (Å²) in [6, 6.07) is 13.3. The van der Waals surface area contributed by atoms with E-state index in [2.05, 4.69) is 10.3 Å². The summed E-state index contributed by atoms with van der Waals surface area (Å²) < 4.78 is 14.3. The summed E-state index contributed by atoms with van der Waals surface area (Å²) in [6.07, 6.45) is 2.99. The van der Waals surface area contributed by atoms with Crippen molar-refractivity contribution >= 4 is 23.1 Å². The molecule has 33 heavy (non-hydrogen) atoms. The van der Waals surface area contributed by atoms with Crippen LogP contribution >= 0.6 is 0 Å². The van der Waals surface area contributed by atoms with E-state index in [-0.39, 0.29) is 11.5 Å². The zero-order valence-electron chi connectivity index (χ0n) is 17.6. The van der Waals surface area contributed by atoms with Gasteiger partial charge in [0.1, 0.15) is 11.4 Å². The van der Waals surface area contributed by atoms with Crippen LogP contribution in [-0.2, 0) is 10.3 Å². The third kappa shape index (κ3) is 3.04. The summed E-state index contributed by atoms with van der Waals surface area (Å²) in [6.45, 7) is 0.317. The molecule has 2 aromatic carbocycles. The van der Waals surface area contributed by atoms with Crippen molar-refractivity contribution in [1.82, 2.24) is 9.88 Å². The fourth-order valence-electron chi connectivity index (χ4n) is 5.24. The topological polar surface area (TPSA) is 105 Å². The van der Waals surface area contributed by atoms with Crippen molar-refractivity contribution in [3.8, 4) is 0 Å². The van der Waals surface area contributed by atoms with E-state index in [1.54, 1.807) is 42.4 Å². The van der Waals surface area contributed by atoms with Gasteiger partial charge in [0, 0.05) is 53.8 Å². The Kier molecular flexibility index (Phi) is 4.79. The van der Waals surface area contributed by atoms with Crippen LogP contribution in [0.5, 0.6) is 0 Å². The molecule has 1 saturated heterocycles. The highest BCUT2D eigenvalue weighted by atomic mass is 19.1. The molecule has 0 bridgehead atoms. The quantitative estimate of drug-likeness (QED) is 0.374. The SMILES string of the molecule is CN1CC(c2ccc([N+](=O)[O-])cc2)C(C(=O)c2cccnc2)C12C(=O)Nc1ccc(F)cc12. The zero-order chi connectivity index (χ0) is 23.3. The van der Waals surface area contributed by atoms with Gasteiger partial charge in [0.15, 0.2) is 5.78 Å². The second kappa shape index (κ2) is 7.56. The molecule has 1 fully saturated rings. The normalized spacial score (nSPS) is 24.0. The molecule has 5 rings (SSSR count). The number of ketones is 1. The summed E-state index contributed by atoms with van der Waals surface area (Å²) in [4.78, 5) is 43.9. The Morgan fingerprint density at radius 3 is 2.67 bits per heavy atom. The smallest absolute Gasteiger partial charge is 0.269 e. The van der Waals surface area contributed by atoms with Crippen molar-refractivity contribution < 1.29 is 18.9 Å². The number of anilines is 1. The Balaban J connectivity index is 1.71. The van der Waals surface area contributed by atoms with E-state index in [0.29, 0.717) is 28.9 Å². The van der Waals surface area contributed by atoms with E-state index >= 15 is 0 Å². The molecule has 0 saturated carbocycles. The number of aromatic nitrogens is 1. The molecule has 3 heterocycles. The lowest BCUT2D eigenvalue weighted by Gasteiger charge is -2.35. The number of carbonyl (C=O) groups is 2. The maximum atomic E-state index is 14.3. The molecule has 9 heteroatoms. The number of nitrogens with one attached hydrogen (secondary N) is 1. The summed E-state index contributed by atoms with van der Waals surface area (Å²) >= 11 is 0. The number of nitrogens with zero attached hydrogens (tertiary/aromatic N) is 3. The van der Waals surface area contributed by atoms with Gasteiger partial charge in [0.25, 0.3) is 5.69 Å². The number of carbonyl (C=O) groups excluding carboxylic acids is 2. The summed E-state index contributed by atoms with van der Waals surface area (Å²) in [5.74, 6) is -2.59. The first-order chi connectivity index (χ1) is 15.8. The number of pyridine rings is 1. The number of amides is 1. The number of benzene rings is 2. The highest BCUT2D eigenvalue weighted by Gasteiger charge is 2.64. The van der Waals surface area contributed by atoms with Gasteiger partial charge in [-0.15, -0.1) is 0 Å². The van der Waals surface area contributed by atoms with Crippen LogP contribution in [0, 0.1) is 21.8 Å². The van der Waals surface area contributed by atoms with Crippen LogP contribution in [0.1, 0.15) is 27.4 Å². The lowest BCUT2D eigenvalue weighted by atomic mass is 9.70. The number of likely N-dealkylation sites (tertiary alicyclic amines) is 1. The lowest BCUT2D eigenvalue weighted by Crippen LogP contribution is -2.51. The molecule has 1 N–H and O–H groups in total. The van der Waals surface area contributed by atoms with Crippen LogP contribution in [0.15, 0.2) is 67.0 Å². The maximum Gasteiger partial charge on any atom is 0.269 e. The fourth-order valence-corrected chi connectivity index (χ4v) is 5.24. The van der Waals surface area contributed by atoms with Crippen molar-refractivity contribution in [2.45, 2.75) is 11.5 Å². The third-order valence-electron chi connectivity index (χ3n) is 6.67.